The Labute approximate surface area is 780 Å². The van der Waals surface area contributed by atoms with Gasteiger partial charge in [0.15, 0.2) is 12.2 Å². The third-order valence-corrected chi connectivity index (χ3v) is 24.2. The molecule has 0 bridgehead atoms. The molecule has 0 atom stereocenters. The molecular weight excluding hydrogens is 1560 g/mol. The van der Waals surface area contributed by atoms with Crippen LogP contribution in [-0.2, 0) is 57.2 Å². The largest absolute Gasteiger partial charge is 0.462 e. The van der Waals surface area contributed by atoms with E-state index in [2.05, 4.69) is 114 Å². The summed E-state index contributed by atoms with van der Waals surface area (Å²) >= 11 is 0. The Kier molecular flexibility index (Phi) is 107. The van der Waals surface area contributed by atoms with Crippen molar-refractivity contribution in [2.75, 3.05) is 26.4 Å². The van der Waals surface area contributed by atoms with E-state index in [0.29, 0.717) is 38.5 Å². The molecule has 736 valence electrons. The van der Waals surface area contributed by atoms with Crippen molar-refractivity contribution in [3.8, 4) is 0 Å². The Hall–Kier alpha value is -4.74. The zero-order valence-corrected chi connectivity index (χ0v) is 84.2. The van der Waals surface area contributed by atoms with Crippen LogP contribution in [0.25, 0.3) is 0 Å². The van der Waals surface area contributed by atoms with Crippen molar-refractivity contribution in [1.29, 1.82) is 0 Å². The van der Waals surface area contributed by atoms with Crippen LogP contribution in [0.4, 0.5) is 0 Å². The van der Waals surface area contributed by atoms with E-state index in [4.69, 9.17) is 28.4 Å². The molecule has 0 amide bonds. The van der Waals surface area contributed by atoms with Gasteiger partial charge in [0.25, 0.3) is 0 Å². The van der Waals surface area contributed by atoms with Gasteiger partial charge < -0.3 is 28.4 Å². The van der Waals surface area contributed by atoms with Crippen LogP contribution >= 0.6 is 0 Å². The molecule has 0 aromatic heterocycles. The fraction of sp³-hybridized carbons (Fsp3) is 0.842. The Morgan fingerprint density at radius 1 is 0.151 bits per heavy atom. The summed E-state index contributed by atoms with van der Waals surface area (Å²) in [6.07, 6.45) is 122. The summed E-state index contributed by atoms with van der Waals surface area (Å²) < 4.78 is 33.6. The predicted octanol–water partition coefficient (Wildman–Crippen LogP) is 36.2. The van der Waals surface area contributed by atoms with Gasteiger partial charge in [-0.05, 0) is 193 Å². The quantitative estimate of drug-likeness (QED) is 0.0246. The number of allylic oxidation sites excluding steroid dienone is 12. The molecule has 0 spiro atoms. The molecular formula is C114H208O12. The van der Waals surface area contributed by atoms with Crippen LogP contribution in [0.1, 0.15) is 581 Å². The van der Waals surface area contributed by atoms with Gasteiger partial charge in [0.05, 0.1) is 0 Å². The Morgan fingerprint density at radius 3 is 0.397 bits per heavy atom. The van der Waals surface area contributed by atoms with Gasteiger partial charge in [0, 0.05) is 38.5 Å². The van der Waals surface area contributed by atoms with Crippen molar-refractivity contribution in [1.82, 2.24) is 0 Å². The predicted molar refractivity (Wildman–Crippen MR) is 540 cm³/mol. The molecule has 0 fully saturated rings. The van der Waals surface area contributed by atoms with E-state index in [1.807, 2.05) is 0 Å². The number of ether oxygens (including phenoxy) is 6. The second-order valence-electron chi connectivity index (χ2n) is 37.0. The highest BCUT2D eigenvalue weighted by atomic mass is 16.6. The molecule has 0 aromatic carbocycles. The average Bonchev–Trinajstić information content (AvgIpc) is 0.945. The molecule has 0 radical (unpaired) electrons. The fourth-order valence-electron chi connectivity index (χ4n) is 15.8. The van der Waals surface area contributed by atoms with Crippen molar-refractivity contribution < 1.29 is 57.2 Å². The zero-order chi connectivity index (χ0) is 91.6. The molecule has 0 aromatic rings. The number of rotatable bonds is 100. The average molecular weight is 1770 g/mol. The normalized spacial score (nSPS) is 11.8. The van der Waals surface area contributed by atoms with E-state index in [0.717, 1.165) is 154 Å². The van der Waals surface area contributed by atoms with Gasteiger partial charge in [-0.1, -0.05) is 423 Å². The molecule has 12 nitrogen and oxygen atoms in total. The standard InChI is InChI=1S/2C57H104O6/c2*1-4-7-10-13-16-19-22-25-28-31-34-37-40-43-46-49-55(58)61-52-54(63-57(60)51-48-45-42-39-36-33-30-27-24-21-18-15-12-9-6-3)53-62-56(59)50-47-44-41-38-35-32-29-26-23-20-17-14-11-8-5-2/h2*25-30,54H,4-24,31-53H2,1-3H3/b2*28-25-,29-26-,30-27-. The van der Waals surface area contributed by atoms with Crippen molar-refractivity contribution in [2.45, 2.75) is 593 Å². The van der Waals surface area contributed by atoms with Crippen LogP contribution in [0.2, 0.25) is 0 Å². The molecule has 0 heterocycles. The number of carbonyl (C=O) groups excluding carboxylic acids is 6. The molecule has 0 aliphatic heterocycles. The summed E-state index contributed by atoms with van der Waals surface area (Å²) in [6.45, 7) is 13.3. The Morgan fingerprint density at radius 2 is 0.262 bits per heavy atom. The van der Waals surface area contributed by atoms with E-state index in [1.165, 1.54) is 347 Å². The number of esters is 6. The van der Waals surface area contributed by atoms with Gasteiger partial charge in [0.1, 0.15) is 26.4 Å². The molecule has 0 rings (SSSR count). The van der Waals surface area contributed by atoms with E-state index in [-0.39, 0.29) is 62.2 Å². The van der Waals surface area contributed by atoms with E-state index < -0.39 is 12.2 Å². The lowest BCUT2D eigenvalue weighted by Crippen LogP contribution is -2.30. The van der Waals surface area contributed by atoms with Gasteiger partial charge in [-0.3, -0.25) is 28.8 Å². The number of carbonyl (C=O) groups is 6. The SMILES string of the molecule is CCCCCCCC/C=C\CCCCCCCC(=O)OCC(COC(=O)CCCCCCC/C=C\CCCCCCCC)OC(=O)CCCCCCC/C=C\CCCCCCCC.CCCCCCCC/C=C\CCCCCCCC(=O)OCC(COC(=O)CCCCCCC/C=C\CCCCCCCC)OC(=O)CCCCCCC/C=C\CCCCCCCC. The maximum Gasteiger partial charge on any atom is 0.306 e. The number of unbranched alkanes of at least 4 members (excludes halogenated alkanes) is 66. The van der Waals surface area contributed by atoms with Gasteiger partial charge in [-0.2, -0.15) is 0 Å². The van der Waals surface area contributed by atoms with Crippen molar-refractivity contribution in [3.63, 3.8) is 0 Å². The monoisotopic (exact) mass is 1770 g/mol. The first-order chi connectivity index (χ1) is 62.1. The Balaban J connectivity index is 0. The minimum atomic E-state index is -0.781. The maximum atomic E-state index is 12.8. The van der Waals surface area contributed by atoms with Crippen molar-refractivity contribution in [2.24, 2.45) is 0 Å². The molecule has 0 aliphatic rings. The van der Waals surface area contributed by atoms with E-state index in [9.17, 15) is 28.8 Å². The van der Waals surface area contributed by atoms with Crippen LogP contribution in [0.3, 0.4) is 0 Å². The summed E-state index contributed by atoms with van der Waals surface area (Å²) in [7, 11) is 0. The second kappa shape index (κ2) is 109. The summed E-state index contributed by atoms with van der Waals surface area (Å²) in [5.41, 5.74) is 0. The summed E-state index contributed by atoms with van der Waals surface area (Å²) in [6, 6.07) is 0. The highest BCUT2D eigenvalue weighted by Crippen LogP contribution is 2.21. The lowest BCUT2D eigenvalue weighted by Gasteiger charge is -2.18. The third kappa shape index (κ3) is 106. The third-order valence-electron chi connectivity index (χ3n) is 24.2. The van der Waals surface area contributed by atoms with E-state index in [1.54, 1.807) is 0 Å². The van der Waals surface area contributed by atoms with Gasteiger partial charge in [-0.15, -0.1) is 0 Å². The molecule has 12 heteroatoms. The van der Waals surface area contributed by atoms with Crippen molar-refractivity contribution in [3.05, 3.63) is 72.9 Å². The number of hydrogen-bond acceptors (Lipinski definition) is 12. The lowest BCUT2D eigenvalue weighted by atomic mass is 10.1. The highest BCUT2D eigenvalue weighted by Gasteiger charge is 2.22. The van der Waals surface area contributed by atoms with Crippen molar-refractivity contribution >= 4 is 35.8 Å². The first-order valence-electron chi connectivity index (χ1n) is 55.0. The number of hydrogen-bond donors (Lipinski definition) is 0. The van der Waals surface area contributed by atoms with Crippen LogP contribution in [0, 0.1) is 0 Å². The van der Waals surface area contributed by atoms with Crippen LogP contribution in [0.15, 0.2) is 72.9 Å². The molecule has 0 aliphatic carbocycles. The van der Waals surface area contributed by atoms with Gasteiger partial charge >= 0.3 is 35.8 Å². The smallest absolute Gasteiger partial charge is 0.306 e. The first-order valence-corrected chi connectivity index (χ1v) is 55.0. The first kappa shape index (κ1) is 123. The summed E-state index contributed by atoms with van der Waals surface area (Å²) in [5.74, 6) is -1.79. The van der Waals surface area contributed by atoms with Gasteiger partial charge in [0.2, 0.25) is 0 Å². The van der Waals surface area contributed by atoms with E-state index >= 15 is 0 Å². The summed E-state index contributed by atoms with van der Waals surface area (Å²) in [5, 5.41) is 0. The summed E-state index contributed by atoms with van der Waals surface area (Å²) in [4.78, 5) is 76.1. The molecule has 0 N–H and O–H groups in total. The lowest BCUT2D eigenvalue weighted by molar-refractivity contribution is -0.167. The second-order valence-corrected chi connectivity index (χ2v) is 37.0. The highest BCUT2D eigenvalue weighted by molar-refractivity contribution is 5.72. The topological polar surface area (TPSA) is 158 Å². The molecule has 0 saturated carbocycles. The minimum Gasteiger partial charge on any atom is -0.462 e. The van der Waals surface area contributed by atoms with Crippen LogP contribution in [0.5, 0.6) is 0 Å². The molecule has 0 unspecified atom stereocenters. The van der Waals surface area contributed by atoms with Crippen LogP contribution < -0.4 is 0 Å². The Bertz CT molecular complexity index is 2180. The van der Waals surface area contributed by atoms with Gasteiger partial charge in [-0.25, -0.2) is 0 Å². The fourth-order valence-corrected chi connectivity index (χ4v) is 15.8. The maximum absolute atomic E-state index is 12.8. The minimum absolute atomic E-state index is 0.0806. The zero-order valence-electron chi connectivity index (χ0n) is 84.2. The van der Waals surface area contributed by atoms with Crippen LogP contribution in [-0.4, -0.2) is 74.5 Å². The molecule has 0 saturated heterocycles. The molecule has 126 heavy (non-hydrogen) atoms.